The van der Waals surface area contributed by atoms with Crippen LogP contribution in [0.4, 0.5) is 23.7 Å². The topological polar surface area (TPSA) is 67.3 Å². The summed E-state index contributed by atoms with van der Waals surface area (Å²) in [7, 11) is 0.986. The number of urea groups is 1. The third-order valence-electron chi connectivity index (χ3n) is 3.23. The quantitative estimate of drug-likeness (QED) is 0.898. The summed E-state index contributed by atoms with van der Waals surface area (Å²) in [5, 5.41) is 9.83. The number of alkyl halides is 3. The second-order valence-electron chi connectivity index (χ2n) is 4.51. The van der Waals surface area contributed by atoms with Crippen LogP contribution in [-0.4, -0.2) is 53.1 Å². The first kappa shape index (κ1) is 14.5. The van der Waals surface area contributed by atoms with Crippen molar-refractivity contribution >= 4 is 11.7 Å². The molecule has 20 heavy (non-hydrogen) atoms. The molecule has 1 aliphatic rings. The van der Waals surface area contributed by atoms with Crippen LogP contribution < -0.4 is 5.32 Å². The number of hydrogen-bond acceptors (Lipinski definition) is 4. The molecule has 2 rings (SSSR count). The summed E-state index contributed by atoms with van der Waals surface area (Å²) in [5.74, 6) is 0. The van der Waals surface area contributed by atoms with Crippen LogP contribution in [0.1, 0.15) is 5.69 Å². The summed E-state index contributed by atoms with van der Waals surface area (Å²) in [4.78, 5) is 12.8. The summed E-state index contributed by atoms with van der Waals surface area (Å²) >= 11 is 0. The number of hydrogen-bond donors (Lipinski definition) is 1. The average molecular weight is 290 g/mol. The lowest BCUT2D eigenvalue weighted by Gasteiger charge is -2.49. The first-order valence-corrected chi connectivity index (χ1v) is 5.75. The van der Waals surface area contributed by atoms with Crippen LogP contribution in [0.3, 0.4) is 0 Å². The highest BCUT2D eigenvalue weighted by atomic mass is 19.4. The van der Waals surface area contributed by atoms with E-state index in [1.54, 1.807) is 6.92 Å². The van der Waals surface area contributed by atoms with Crippen LogP contribution in [0.5, 0.6) is 0 Å². The summed E-state index contributed by atoms with van der Waals surface area (Å²) in [5.41, 5.74) is -1.38. The third-order valence-corrected chi connectivity index (χ3v) is 3.23. The molecule has 0 saturated carbocycles. The normalized spacial score (nSPS) is 17.6. The van der Waals surface area contributed by atoms with Crippen LogP contribution in [0.2, 0.25) is 0 Å². The number of nitrogens with zero attached hydrogens (tertiary/aromatic N) is 3. The maximum absolute atomic E-state index is 12.8. The summed E-state index contributed by atoms with van der Waals surface area (Å²) in [6.07, 6.45) is -3.12. The zero-order valence-corrected chi connectivity index (χ0v) is 10.9. The van der Waals surface area contributed by atoms with Gasteiger partial charge in [0.05, 0.1) is 30.7 Å². The molecule has 2 heterocycles. The fourth-order valence-corrected chi connectivity index (χ4v) is 1.87. The van der Waals surface area contributed by atoms with Gasteiger partial charge in [-0.15, -0.1) is 0 Å². The van der Waals surface area contributed by atoms with Crippen molar-refractivity contribution in [3.63, 3.8) is 0 Å². The first-order chi connectivity index (χ1) is 9.29. The van der Waals surface area contributed by atoms with Gasteiger partial charge in [0, 0.05) is 7.11 Å². The van der Waals surface area contributed by atoms with Crippen LogP contribution in [0.15, 0.2) is 12.3 Å². The van der Waals surface area contributed by atoms with Gasteiger partial charge in [-0.1, -0.05) is 0 Å². The predicted molar refractivity (Wildman–Crippen MR) is 63.2 cm³/mol. The monoisotopic (exact) mass is 290 g/mol. The molecule has 1 aromatic rings. The lowest BCUT2D eigenvalue weighted by molar-refractivity contribution is -0.303. The Morgan fingerprint density at radius 3 is 2.65 bits per heavy atom. The predicted octanol–water partition coefficient (Wildman–Crippen LogP) is 1.58. The Labute approximate surface area is 112 Å². The fourth-order valence-electron chi connectivity index (χ4n) is 1.87. The molecule has 1 aromatic heterocycles. The zero-order chi connectivity index (χ0) is 15.0. The van der Waals surface area contributed by atoms with Crippen LogP contribution in [0.25, 0.3) is 0 Å². The van der Waals surface area contributed by atoms with Crippen molar-refractivity contribution in [2.75, 3.05) is 25.5 Å². The summed E-state index contributed by atoms with van der Waals surface area (Å²) < 4.78 is 42.9. The molecule has 6 nitrogen and oxygen atoms in total. The Morgan fingerprint density at radius 2 is 2.15 bits per heavy atom. The number of amides is 2. The summed E-state index contributed by atoms with van der Waals surface area (Å²) in [6.45, 7) is 0.570. The molecule has 0 radical (unpaired) electrons. The standard InChI is InChI=1S/C11H13F3N4O2/c1-7-8(3-4-15-17-7)16-9(19)18-5-10(6-18,20-2)11(12,13)14/h3-4H,5-6H2,1-2H3,(H,15,16,19). The molecule has 1 saturated heterocycles. The highest BCUT2D eigenvalue weighted by Crippen LogP contribution is 2.40. The van der Waals surface area contributed by atoms with Gasteiger partial charge in [-0.25, -0.2) is 4.79 Å². The Balaban J connectivity index is 1.99. The van der Waals surface area contributed by atoms with Crippen molar-refractivity contribution in [3.05, 3.63) is 18.0 Å². The molecule has 0 aliphatic carbocycles. The Kier molecular flexibility index (Phi) is 3.55. The zero-order valence-electron chi connectivity index (χ0n) is 10.9. The molecule has 2 amide bonds. The van der Waals surface area contributed by atoms with E-state index in [9.17, 15) is 18.0 Å². The molecule has 0 aromatic carbocycles. The number of ether oxygens (including phenoxy) is 1. The third kappa shape index (κ3) is 2.40. The van der Waals surface area contributed by atoms with E-state index in [1.165, 1.54) is 12.3 Å². The van der Waals surface area contributed by atoms with E-state index in [-0.39, 0.29) is 0 Å². The Bertz CT molecular complexity index is 515. The van der Waals surface area contributed by atoms with E-state index in [0.717, 1.165) is 12.0 Å². The largest absolute Gasteiger partial charge is 0.420 e. The maximum Gasteiger partial charge on any atom is 0.420 e. The second kappa shape index (κ2) is 4.89. The molecule has 0 spiro atoms. The molecule has 0 atom stereocenters. The lowest BCUT2D eigenvalue weighted by Crippen LogP contribution is -2.71. The van der Waals surface area contributed by atoms with Gasteiger partial charge in [0.1, 0.15) is 0 Å². The van der Waals surface area contributed by atoms with Gasteiger partial charge in [-0.2, -0.15) is 23.4 Å². The van der Waals surface area contributed by atoms with Gasteiger partial charge in [0.25, 0.3) is 0 Å². The highest BCUT2D eigenvalue weighted by molar-refractivity contribution is 5.90. The number of nitrogens with one attached hydrogen (secondary N) is 1. The number of likely N-dealkylation sites (tertiary alicyclic amines) is 1. The van der Waals surface area contributed by atoms with E-state index in [2.05, 4.69) is 20.3 Å². The number of halogens is 3. The van der Waals surface area contributed by atoms with Gasteiger partial charge >= 0.3 is 12.2 Å². The number of carbonyl (C=O) groups excluding carboxylic acids is 1. The van der Waals surface area contributed by atoms with E-state index < -0.39 is 30.9 Å². The fraction of sp³-hybridized carbons (Fsp3) is 0.545. The number of carbonyl (C=O) groups is 1. The number of aromatic nitrogens is 2. The van der Waals surface area contributed by atoms with Crippen molar-refractivity contribution in [3.8, 4) is 0 Å². The number of anilines is 1. The highest BCUT2D eigenvalue weighted by Gasteiger charge is 2.63. The molecule has 110 valence electrons. The Morgan fingerprint density at radius 1 is 1.50 bits per heavy atom. The molecule has 1 fully saturated rings. The smallest absolute Gasteiger partial charge is 0.365 e. The van der Waals surface area contributed by atoms with Gasteiger partial charge in [0.2, 0.25) is 0 Å². The average Bonchev–Trinajstić information content (AvgIpc) is 2.29. The minimum atomic E-state index is -4.51. The Hall–Kier alpha value is -1.90. The minimum Gasteiger partial charge on any atom is -0.365 e. The second-order valence-corrected chi connectivity index (χ2v) is 4.51. The van der Waals surface area contributed by atoms with Gasteiger partial charge < -0.3 is 15.0 Å². The van der Waals surface area contributed by atoms with Crippen molar-refractivity contribution in [2.24, 2.45) is 0 Å². The molecular weight excluding hydrogens is 277 g/mol. The van der Waals surface area contributed by atoms with E-state index in [4.69, 9.17) is 0 Å². The van der Waals surface area contributed by atoms with Crippen molar-refractivity contribution in [1.29, 1.82) is 0 Å². The van der Waals surface area contributed by atoms with Gasteiger partial charge in [-0.3, -0.25) is 0 Å². The summed E-state index contributed by atoms with van der Waals surface area (Å²) in [6, 6.07) is 0.894. The molecule has 1 N–H and O–H groups in total. The SMILES string of the molecule is COC1(C(F)(F)F)CN(C(=O)Nc2ccnnc2C)C1. The molecular formula is C11H13F3N4O2. The number of aryl methyl sites for hydroxylation is 1. The lowest BCUT2D eigenvalue weighted by atomic mass is 9.93. The molecule has 0 unspecified atom stereocenters. The van der Waals surface area contributed by atoms with E-state index in [1.807, 2.05) is 0 Å². The van der Waals surface area contributed by atoms with Crippen molar-refractivity contribution in [1.82, 2.24) is 15.1 Å². The van der Waals surface area contributed by atoms with E-state index in [0.29, 0.717) is 11.4 Å². The molecule has 9 heteroatoms. The van der Waals surface area contributed by atoms with Crippen LogP contribution >= 0.6 is 0 Å². The van der Waals surface area contributed by atoms with Gasteiger partial charge in [-0.05, 0) is 13.0 Å². The van der Waals surface area contributed by atoms with E-state index >= 15 is 0 Å². The number of rotatable bonds is 2. The molecule has 0 bridgehead atoms. The van der Waals surface area contributed by atoms with Crippen LogP contribution in [0, 0.1) is 6.92 Å². The van der Waals surface area contributed by atoms with Gasteiger partial charge in [0.15, 0.2) is 5.60 Å². The maximum atomic E-state index is 12.8. The first-order valence-electron chi connectivity index (χ1n) is 5.75. The van der Waals surface area contributed by atoms with Crippen LogP contribution in [-0.2, 0) is 4.74 Å². The number of methoxy groups -OCH3 is 1. The van der Waals surface area contributed by atoms with Crippen molar-refractivity contribution in [2.45, 2.75) is 18.7 Å². The van der Waals surface area contributed by atoms with Crippen molar-refractivity contribution < 1.29 is 22.7 Å². The minimum absolute atomic E-state index is 0.409. The molecule has 1 aliphatic heterocycles.